The van der Waals surface area contributed by atoms with Crippen molar-refractivity contribution in [2.24, 2.45) is 11.1 Å². The molecular weight excluding hydrogens is 150 g/mol. The van der Waals surface area contributed by atoms with E-state index in [1.807, 2.05) is 0 Å². The van der Waals surface area contributed by atoms with Crippen molar-refractivity contribution in [1.29, 1.82) is 0 Å². The molecule has 68 valence electrons. The van der Waals surface area contributed by atoms with Crippen LogP contribution in [0.15, 0.2) is 0 Å². The molecule has 0 aromatic rings. The number of carbonyl (C=O) groups is 1. The van der Waals surface area contributed by atoms with Crippen molar-refractivity contribution in [2.45, 2.75) is 51.0 Å². The topological polar surface area (TPSA) is 43.1 Å². The minimum Gasteiger partial charge on any atom is -0.327 e. The van der Waals surface area contributed by atoms with Crippen LogP contribution in [0, 0.1) is 5.41 Å². The highest BCUT2D eigenvalue weighted by Gasteiger charge is 2.42. The number of Topliss-reactive ketones (excluding diaryl/α,β-unsaturated/α-hetero) is 1. The van der Waals surface area contributed by atoms with Crippen LogP contribution in [0.1, 0.15) is 44.9 Å². The molecule has 2 fully saturated rings. The third kappa shape index (κ3) is 1.18. The highest BCUT2D eigenvalue weighted by Crippen LogP contribution is 2.47. The number of rotatable bonds is 0. The first-order valence-electron chi connectivity index (χ1n) is 5.00. The second-order valence-electron chi connectivity index (χ2n) is 4.42. The standard InChI is InChI=1S/C10H17NO/c11-9-7-8(12)3-6-10(9)4-1-2-5-10/h9H,1-7,11H2. The molecule has 2 aliphatic carbocycles. The molecule has 2 heteroatoms. The summed E-state index contributed by atoms with van der Waals surface area (Å²) in [6.45, 7) is 0. The van der Waals surface area contributed by atoms with Crippen LogP contribution >= 0.6 is 0 Å². The molecule has 0 heterocycles. The fraction of sp³-hybridized carbons (Fsp3) is 0.900. The van der Waals surface area contributed by atoms with E-state index >= 15 is 0 Å². The first-order valence-corrected chi connectivity index (χ1v) is 5.00. The van der Waals surface area contributed by atoms with E-state index in [2.05, 4.69) is 0 Å². The minimum atomic E-state index is 0.168. The molecular formula is C10H17NO. The van der Waals surface area contributed by atoms with Crippen molar-refractivity contribution < 1.29 is 4.79 Å². The van der Waals surface area contributed by atoms with Gasteiger partial charge in [0.2, 0.25) is 0 Å². The van der Waals surface area contributed by atoms with Gasteiger partial charge in [0.25, 0.3) is 0 Å². The first-order chi connectivity index (χ1) is 5.73. The van der Waals surface area contributed by atoms with Gasteiger partial charge >= 0.3 is 0 Å². The van der Waals surface area contributed by atoms with E-state index in [0.717, 1.165) is 12.8 Å². The Balaban J connectivity index is 2.10. The van der Waals surface area contributed by atoms with Gasteiger partial charge in [-0.3, -0.25) is 4.79 Å². The van der Waals surface area contributed by atoms with E-state index in [0.29, 0.717) is 17.6 Å². The Kier molecular flexibility index (Phi) is 1.95. The van der Waals surface area contributed by atoms with Gasteiger partial charge in [-0.1, -0.05) is 12.8 Å². The molecule has 0 aliphatic heterocycles. The van der Waals surface area contributed by atoms with Gasteiger partial charge in [-0.2, -0.15) is 0 Å². The van der Waals surface area contributed by atoms with Gasteiger partial charge in [0.05, 0.1) is 0 Å². The van der Waals surface area contributed by atoms with E-state index in [1.165, 1.54) is 25.7 Å². The Morgan fingerprint density at radius 3 is 2.50 bits per heavy atom. The molecule has 2 rings (SSSR count). The molecule has 2 nitrogen and oxygen atoms in total. The van der Waals surface area contributed by atoms with E-state index in [9.17, 15) is 4.79 Å². The number of nitrogens with two attached hydrogens (primary N) is 1. The second kappa shape index (κ2) is 2.84. The summed E-state index contributed by atoms with van der Waals surface area (Å²) in [7, 11) is 0. The lowest BCUT2D eigenvalue weighted by Crippen LogP contribution is -2.45. The number of carbonyl (C=O) groups excluding carboxylic acids is 1. The van der Waals surface area contributed by atoms with Crippen LogP contribution in [0.2, 0.25) is 0 Å². The van der Waals surface area contributed by atoms with E-state index < -0.39 is 0 Å². The van der Waals surface area contributed by atoms with Crippen LogP contribution in [0.3, 0.4) is 0 Å². The molecule has 2 N–H and O–H groups in total. The monoisotopic (exact) mass is 167 g/mol. The summed E-state index contributed by atoms with van der Waals surface area (Å²) in [6.07, 6.45) is 7.66. The predicted molar refractivity (Wildman–Crippen MR) is 47.7 cm³/mol. The van der Waals surface area contributed by atoms with Crippen molar-refractivity contribution in [3.63, 3.8) is 0 Å². The maximum absolute atomic E-state index is 11.1. The van der Waals surface area contributed by atoms with E-state index in [4.69, 9.17) is 5.73 Å². The lowest BCUT2D eigenvalue weighted by atomic mass is 9.69. The average molecular weight is 167 g/mol. The van der Waals surface area contributed by atoms with Gasteiger partial charge in [0.1, 0.15) is 5.78 Å². The van der Waals surface area contributed by atoms with Gasteiger partial charge in [0.15, 0.2) is 0 Å². The zero-order valence-corrected chi connectivity index (χ0v) is 7.51. The van der Waals surface area contributed by atoms with Gasteiger partial charge in [-0.05, 0) is 24.7 Å². The third-order valence-electron chi connectivity index (χ3n) is 3.74. The molecule has 0 amide bonds. The summed E-state index contributed by atoms with van der Waals surface area (Å²) in [5, 5.41) is 0. The second-order valence-corrected chi connectivity index (χ2v) is 4.42. The van der Waals surface area contributed by atoms with Crippen LogP contribution in [0.25, 0.3) is 0 Å². The highest BCUT2D eigenvalue weighted by atomic mass is 16.1. The Morgan fingerprint density at radius 1 is 1.25 bits per heavy atom. The Morgan fingerprint density at radius 2 is 1.92 bits per heavy atom. The molecule has 1 spiro atoms. The fourth-order valence-corrected chi connectivity index (χ4v) is 2.84. The van der Waals surface area contributed by atoms with E-state index in [1.54, 1.807) is 0 Å². The summed E-state index contributed by atoms with van der Waals surface area (Å²) in [6, 6.07) is 0.168. The molecule has 0 saturated heterocycles. The maximum Gasteiger partial charge on any atom is 0.134 e. The summed E-state index contributed by atoms with van der Waals surface area (Å²) >= 11 is 0. The Labute approximate surface area is 73.5 Å². The van der Waals surface area contributed by atoms with Crippen molar-refractivity contribution in [2.75, 3.05) is 0 Å². The van der Waals surface area contributed by atoms with Crippen LogP contribution in [-0.4, -0.2) is 11.8 Å². The van der Waals surface area contributed by atoms with Crippen LogP contribution in [-0.2, 0) is 4.79 Å². The maximum atomic E-state index is 11.1. The number of ketones is 1. The number of hydrogen-bond acceptors (Lipinski definition) is 2. The normalized spacial score (nSPS) is 34.4. The molecule has 2 aliphatic rings. The molecule has 1 atom stereocenters. The van der Waals surface area contributed by atoms with Crippen LogP contribution in [0.5, 0.6) is 0 Å². The quantitative estimate of drug-likeness (QED) is 0.596. The van der Waals surface area contributed by atoms with E-state index in [-0.39, 0.29) is 6.04 Å². The summed E-state index contributed by atoms with van der Waals surface area (Å²) in [4.78, 5) is 11.1. The molecule has 12 heavy (non-hydrogen) atoms. The molecule has 2 saturated carbocycles. The molecule has 0 aromatic heterocycles. The Bertz CT molecular complexity index is 194. The number of hydrogen-bond donors (Lipinski definition) is 1. The smallest absolute Gasteiger partial charge is 0.134 e. The van der Waals surface area contributed by atoms with Crippen LogP contribution in [0.4, 0.5) is 0 Å². The zero-order valence-electron chi connectivity index (χ0n) is 7.51. The van der Waals surface area contributed by atoms with Gasteiger partial charge in [-0.25, -0.2) is 0 Å². The van der Waals surface area contributed by atoms with Crippen molar-refractivity contribution in [3.05, 3.63) is 0 Å². The minimum absolute atomic E-state index is 0.168. The lowest BCUT2D eigenvalue weighted by molar-refractivity contribution is -0.123. The lowest BCUT2D eigenvalue weighted by Gasteiger charge is -2.38. The first kappa shape index (κ1) is 8.24. The van der Waals surface area contributed by atoms with Gasteiger partial charge < -0.3 is 5.73 Å². The summed E-state index contributed by atoms with van der Waals surface area (Å²) < 4.78 is 0. The highest BCUT2D eigenvalue weighted by molar-refractivity contribution is 5.80. The largest absolute Gasteiger partial charge is 0.327 e. The zero-order chi connectivity index (χ0) is 8.60. The third-order valence-corrected chi connectivity index (χ3v) is 3.74. The molecule has 1 unspecified atom stereocenters. The summed E-state index contributed by atoms with van der Waals surface area (Å²) in [5.74, 6) is 0.375. The molecule has 0 aromatic carbocycles. The predicted octanol–water partition coefficient (Wildman–Crippen LogP) is 1.63. The average Bonchev–Trinajstić information content (AvgIpc) is 2.48. The van der Waals surface area contributed by atoms with Crippen molar-refractivity contribution in [1.82, 2.24) is 0 Å². The fourth-order valence-electron chi connectivity index (χ4n) is 2.84. The SMILES string of the molecule is NC1CC(=O)CCC12CCCC2. The van der Waals surface area contributed by atoms with Gasteiger partial charge in [-0.15, -0.1) is 0 Å². The van der Waals surface area contributed by atoms with Gasteiger partial charge in [0, 0.05) is 18.9 Å². The van der Waals surface area contributed by atoms with Crippen LogP contribution < -0.4 is 5.73 Å². The summed E-state index contributed by atoms with van der Waals surface area (Å²) in [5.41, 5.74) is 6.41. The molecule has 0 bridgehead atoms. The van der Waals surface area contributed by atoms with Crippen molar-refractivity contribution in [3.8, 4) is 0 Å². The Hall–Kier alpha value is -0.370. The van der Waals surface area contributed by atoms with Crippen molar-refractivity contribution >= 4 is 5.78 Å². The molecule has 0 radical (unpaired) electrons.